The minimum Gasteiger partial charge on any atom is -0.494 e. The van der Waals surface area contributed by atoms with E-state index in [-0.39, 0.29) is 18.3 Å². The third kappa shape index (κ3) is 6.00. The van der Waals surface area contributed by atoms with Gasteiger partial charge < -0.3 is 14.8 Å². The molecule has 1 heterocycles. The predicted molar refractivity (Wildman–Crippen MR) is 138 cm³/mol. The first-order valence-corrected chi connectivity index (χ1v) is 12.3. The normalized spacial score (nSPS) is 15.6. The third-order valence-electron chi connectivity index (χ3n) is 4.68. The summed E-state index contributed by atoms with van der Waals surface area (Å²) in [7, 11) is 0. The maximum atomic E-state index is 13.9. The average molecular weight is 562 g/mol. The molecule has 0 unspecified atom stereocenters. The number of rotatable bonds is 7. The molecule has 1 aliphatic heterocycles. The largest absolute Gasteiger partial charge is 0.494 e. The maximum absolute atomic E-state index is 13.9. The Labute approximate surface area is 214 Å². The van der Waals surface area contributed by atoms with Crippen LogP contribution in [-0.2, 0) is 11.4 Å². The molecule has 0 aliphatic carbocycles. The van der Waals surface area contributed by atoms with E-state index in [1.807, 2.05) is 31.2 Å². The lowest BCUT2D eigenvalue weighted by atomic mass is 10.2. The summed E-state index contributed by atoms with van der Waals surface area (Å²) in [4.78, 5) is 17.4. The molecule has 4 rings (SSSR count). The average Bonchev–Trinajstić information content (AvgIpc) is 3.14. The van der Waals surface area contributed by atoms with Crippen LogP contribution in [0.2, 0.25) is 5.02 Å². The van der Waals surface area contributed by atoms with Crippen molar-refractivity contribution in [3.63, 3.8) is 0 Å². The van der Waals surface area contributed by atoms with E-state index < -0.39 is 0 Å². The van der Waals surface area contributed by atoms with Gasteiger partial charge in [-0.1, -0.05) is 29.8 Å². The van der Waals surface area contributed by atoms with Gasteiger partial charge in [0.1, 0.15) is 18.2 Å². The molecule has 1 amide bonds. The predicted octanol–water partition coefficient (Wildman–Crippen LogP) is 7.11. The number of amidine groups is 1. The van der Waals surface area contributed by atoms with Gasteiger partial charge >= 0.3 is 0 Å². The van der Waals surface area contributed by atoms with Crippen molar-refractivity contribution in [1.29, 1.82) is 0 Å². The number of nitrogens with one attached hydrogen (secondary N) is 1. The van der Waals surface area contributed by atoms with E-state index in [9.17, 15) is 9.18 Å². The summed E-state index contributed by atoms with van der Waals surface area (Å²) in [5.41, 5.74) is 1.83. The van der Waals surface area contributed by atoms with E-state index in [0.717, 1.165) is 5.75 Å². The highest BCUT2D eigenvalue weighted by atomic mass is 79.9. The number of carbonyl (C=O) groups is 1. The molecule has 0 bridgehead atoms. The van der Waals surface area contributed by atoms with E-state index in [1.165, 1.54) is 17.8 Å². The van der Waals surface area contributed by atoms with Crippen molar-refractivity contribution >= 4 is 62.1 Å². The molecule has 1 N–H and O–H groups in total. The lowest BCUT2D eigenvalue weighted by molar-refractivity contribution is -0.115. The number of aliphatic imine (C=N–C) groups is 1. The van der Waals surface area contributed by atoms with Gasteiger partial charge in [0.05, 0.1) is 26.7 Å². The lowest BCUT2D eigenvalue weighted by Gasteiger charge is -2.12. The minimum absolute atomic E-state index is 0.0368. The van der Waals surface area contributed by atoms with E-state index in [1.54, 1.807) is 36.4 Å². The van der Waals surface area contributed by atoms with Crippen molar-refractivity contribution in [2.75, 3.05) is 6.61 Å². The van der Waals surface area contributed by atoms with Crippen LogP contribution in [0.15, 0.2) is 75.0 Å². The van der Waals surface area contributed by atoms with Gasteiger partial charge in [0.15, 0.2) is 10.9 Å². The van der Waals surface area contributed by atoms with Crippen LogP contribution in [0, 0.1) is 5.82 Å². The van der Waals surface area contributed by atoms with Crippen LogP contribution in [0.25, 0.3) is 6.08 Å². The summed E-state index contributed by atoms with van der Waals surface area (Å²) in [5.74, 6) is 0.567. The molecular formula is C25H19BrClFN2O3S. The number of halogens is 3. The molecule has 34 heavy (non-hydrogen) atoms. The number of ether oxygens (including phenoxy) is 2. The van der Waals surface area contributed by atoms with Gasteiger partial charge in [0.25, 0.3) is 5.91 Å². The minimum atomic E-state index is -0.344. The van der Waals surface area contributed by atoms with Crippen LogP contribution in [0.5, 0.6) is 11.5 Å². The van der Waals surface area contributed by atoms with Crippen LogP contribution in [0.4, 0.5) is 10.1 Å². The SMILES string of the molecule is CCOc1ccc(N=C2NC(=O)/C(=C\c3cc(Cl)c(OCc4ccccc4F)c(Br)c3)S2)cc1. The zero-order chi connectivity index (χ0) is 24.1. The summed E-state index contributed by atoms with van der Waals surface area (Å²) < 4.78 is 25.6. The zero-order valence-corrected chi connectivity index (χ0v) is 21.1. The second-order valence-electron chi connectivity index (χ2n) is 7.10. The van der Waals surface area contributed by atoms with E-state index >= 15 is 0 Å². The molecule has 0 saturated carbocycles. The van der Waals surface area contributed by atoms with Gasteiger partial charge in [0.2, 0.25) is 0 Å². The van der Waals surface area contributed by atoms with Crippen LogP contribution in [-0.4, -0.2) is 17.7 Å². The molecule has 9 heteroatoms. The number of amides is 1. The van der Waals surface area contributed by atoms with Crippen molar-refractivity contribution < 1.29 is 18.7 Å². The van der Waals surface area contributed by atoms with E-state index in [0.29, 0.717) is 48.7 Å². The maximum Gasteiger partial charge on any atom is 0.264 e. The Morgan fingerprint density at radius 2 is 1.91 bits per heavy atom. The summed E-state index contributed by atoms with van der Waals surface area (Å²) in [6, 6.07) is 17.2. The second-order valence-corrected chi connectivity index (χ2v) is 9.39. The van der Waals surface area contributed by atoms with Crippen LogP contribution < -0.4 is 14.8 Å². The van der Waals surface area contributed by atoms with Gasteiger partial charge in [-0.05, 0) is 88.7 Å². The third-order valence-corrected chi connectivity index (χ3v) is 6.46. The second kappa shape index (κ2) is 11.1. The summed E-state index contributed by atoms with van der Waals surface area (Å²) >= 11 is 11.1. The first-order valence-electron chi connectivity index (χ1n) is 10.3. The fraction of sp³-hybridized carbons (Fsp3) is 0.120. The Morgan fingerprint density at radius 3 is 2.62 bits per heavy atom. The fourth-order valence-electron chi connectivity index (χ4n) is 3.10. The van der Waals surface area contributed by atoms with Gasteiger partial charge in [-0.3, -0.25) is 4.79 Å². The van der Waals surface area contributed by atoms with Crippen LogP contribution >= 0.6 is 39.3 Å². The highest BCUT2D eigenvalue weighted by Gasteiger charge is 2.24. The molecule has 1 fully saturated rings. The fourth-order valence-corrected chi connectivity index (χ4v) is 4.93. The number of nitrogens with zero attached hydrogens (tertiary/aromatic N) is 1. The molecule has 0 radical (unpaired) electrons. The summed E-state index contributed by atoms with van der Waals surface area (Å²) in [6.07, 6.45) is 1.72. The Morgan fingerprint density at radius 1 is 1.15 bits per heavy atom. The standard InChI is InChI=1S/C25H19BrClFN2O3S/c1-2-32-18-9-7-17(8-10-18)29-25-30-24(31)22(34-25)13-15-11-19(26)23(20(27)12-15)33-14-16-5-3-4-6-21(16)28/h3-13H,2,14H2,1H3,(H,29,30,31)/b22-13+. The number of benzene rings is 3. The molecule has 174 valence electrons. The molecule has 3 aromatic carbocycles. The quantitative estimate of drug-likeness (QED) is 0.312. The van der Waals surface area contributed by atoms with E-state index in [2.05, 4.69) is 26.2 Å². The highest BCUT2D eigenvalue weighted by molar-refractivity contribution is 9.10. The number of carbonyl (C=O) groups excluding carboxylic acids is 1. The van der Waals surface area contributed by atoms with Crippen molar-refractivity contribution in [2.45, 2.75) is 13.5 Å². The molecular weight excluding hydrogens is 543 g/mol. The summed E-state index contributed by atoms with van der Waals surface area (Å²) in [6.45, 7) is 2.55. The molecule has 0 atom stereocenters. The molecule has 0 spiro atoms. The molecule has 0 aromatic heterocycles. The summed E-state index contributed by atoms with van der Waals surface area (Å²) in [5, 5.41) is 3.59. The first-order chi connectivity index (χ1) is 16.4. The number of hydrogen-bond donors (Lipinski definition) is 1. The molecule has 5 nitrogen and oxygen atoms in total. The Kier molecular flexibility index (Phi) is 7.92. The highest BCUT2D eigenvalue weighted by Crippen LogP contribution is 2.37. The topological polar surface area (TPSA) is 59.9 Å². The zero-order valence-electron chi connectivity index (χ0n) is 18.0. The number of thioether (sulfide) groups is 1. The molecule has 1 aliphatic rings. The van der Waals surface area contributed by atoms with Crippen molar-refractivity contribution in [3.05, 3.63) is 92.0 Å². The Balaban J connectivity index is 1.48. The molecule has 1 saturated heterocycles. The Hall–Kier alpha value is -2.81. The first kappa shape index (κ1) is 24.3. The van der Waals surface area contributed by atoms with Crippen molar-refractivity contribution in [3.8, 4) is 11.5 Å². The van der Waals surface area contributed by atoms with Gasteiger partial charge in [-0.25, -0.2) is 9.38 Å². The number of hydrogen-bond acceptors (Lipinski definition) is 5. The van der Waals surface area contributed by atoms with Gasteiger partial charge in [0, 0.05) is 5.56 Å². The molecule has 3 aromatic rings. The monoisotopic (exact) mass is 560 g/mol. The van der Waals surface area contributed by atoms with Crippen LogP contribution in [0.3, 0.4) is 0 Å². The lowest BCUT2D eigenvalue weighted by Crippen LogP contribution is -2.19. The van der Waals surface area contributed by atoms with Crippen LogP contribution in [0.1, 0.15) is 18.1 Å². The van der Waals surface area contributed by atoms with E-state index in [4.69, 9.17) is 21.1 Å². The van der Waals surface area contributed by atoms with Crippen molar-refractivity contribution in [2.24, 2.45) is 4.99 Å². The Bertz CT molecular complexity index is 1260. The van der Waals surface area contributed by atoms with Crippen molar-refractivity contribution in [1.82, 2.24) is 5.32 Å². The van der Waals surface area contributed by atoms with Gasteiger partial charge in [-0.2, -0.15) is 0 Å². The smallest absolute Gasteiger partial charge is 0.264 e. The van der Waals surface area contributed by atoms with Gasteiger partial charge in [-0.15, -0.1) is 0 Å².